The van der Waals surface area contributed by atoms with Gasteiger partial charge < -0.3 is 21.1 Å². The molecule has 1 amide bonds. The summed E-state index contributed by atoms with van der Waals surface area (Å²) in [6.07, 6.45) is 4.32. The number of nitrogens with zero attached hydrogens (tertiary/aromatic N) is 1. The van der Waals surface area contributed by atoms with Gasteiger partial charge in [-0.3, -0.25) is 4.79 Å². The Labute approximate surface area is 126 Å². The van der Waals surface area contributed by atoms with Crippen LogP contribution in [0.1, 0.15) is 24.8 Å². The van der Waals surface area contributed by atoms with Crippen molar-refractivity contribution in [1.82, 2.24) is 10.2 Å². The highest BCUT2D eigenvalue weighted by Gasteiger charge is 2.15. The van der Waals surface area contributed by atoms with Crippen LogP contribution in [0.2, 0.25) is 0 Å². The van der Waals surface area contributed by atoms with E-state index in [-0.39, 0.29) is 11.7 Å². The minimum Gasteiger partial charge on any atom is -0.508 e. The lowest BCUT2D eigenvalue weighted by atomic mass is 10.1. The largest absolute Gasteiger partial charge is 0.508 e. The Morgan fingerprint density at radius 3 is 2.57 bits per heavy atom. The molecule has 1 atom stereocenters. The van der Waals surface area contributed by atoms with Gasteiger partial charge >= 0.3 is 0 Å². The standard InChI is InChI=1S/C16H25N3O2/c17-15(12-13-4-6-14(20)7-5-13)16(21)18-8-11-19-9-2-1-3-10-19/h4-7,15,20H,1-3,8-12,17H2,(H,18,21). The van der Waals surface area contributed by atoms with Crippen LogP contribution < -0.4 is 11.1 Å². The summed E-state index contributed by atoms with van der Waals surface area (Å²) >= 11 is 0. The molecule has 1 fully saturated rings. The van der Waals surface area contributed by atoms with E-state index in [1.54, 1.807) is 24.3 Å². The Balaban J connectivity index is 1.68. The van der Waals surface area contributed by atoms with E-state index in [4.69, 9.17) is 5.73 Å². The molecule has 1 saturated heterocycles. The van der Waals surface area contributed by atoms with Gasteiger partial charge in [-0.15, -0.1) is 0 Å². The van der Waals surface area contributed by atoms with Crippen LogP contribution in [0, 0.1) is 0 Å². The number of likely N-dealkylation sites (tertiary alicyclic amines) is 1. The van der Waals surface area contributed by atoms with Gasteiger partial charge in [-0.25, -0.2) is 0 Å². The average molecular weight is 291 g/mol. The number of nitrogens with one attached hydrogen (secondary N) is 1. The molecule has 1 heterocycles. The summed E-state index contributed by atoms with van der Waals surface area (Å²) in [5, 5.41) is 12.1. The minimum atomic E-state index is -0.545. The summed E-state index contributed by atoms with van der Waals surface area (Å²) in [6.45, 7) is 3.82. The number of carbonyl (C=O) groups excluding carboxylic acids is 1. The van der Waals surface area contributed by atoms with Crippen molar-refractivity contribution in [3.05, 3.63) is 29.8 Å². The number of amides is 1. The highest BCUT2D eigenvalue weighted by atomic mass is 16.3. The fraction of sp³-hybridized carbons (Fsp3) is 0.562. The van der Waals surface area contributed by atoms with Crippen molar-refractivity contribution in [2.24, 2.45) is 5.73 Å². The number of hydrogen-bond donors (Lipinski definition) is 3. The molecule has 0 spiro atoms. The van der Waals surface area contributed by atoms with E-state index in [0.717, 1.165) is 25.2 Å². The molecule has 21 heavy (non-hydrogen) atoms. The first-order valence-electron chi connectivity index (χ1n) is 7.69. The van der Waals surface area contributed by atoms with Crippen LogP contribution in [-0.2, 0) is 11.2 Å². The van der Waals surface area contributed by atoms with Crippen LogP contribution in [0.15, 0.2) is 24.3 Å². The Bertz CT molecular complexity index is 441. The Morgan fingerprint density at radius 2 is 1.90 bits per heavy atom. The number of benzene rings is 1. The minimum absolute atomic E-state index is 0.111. The third-order valence-corrected chi connectivity index (χ3v) is 3.90. The summed E-state index contributed by atoms with van der Waals surface area (Å²) in [5.74, 6) is 0.110. The summed E-state index contributed by atoms with van der Waals surface area (Å²) < 4.78 is 0. The molecule has 1 unspecified atom stereocenters. The molecule has 0 aromatic heterocycles. The van der Waals surface area contributed by atoms with Gasteiger partial charge in [-0.2, -0.15) is 0 Å². The molecule has 0 aliphatic carbocycles. The number of rotatable bonds is 6. The molecule has 5 heteroatoms. The highest BCUT2D eigenvalue weighted by molar-refractivity contribution is 5.81. The SMILES string of the molecule is NC(Cc1ccc(O)cc1)C(=O)NCCN1CCCCC1. The molecule has 1 aromatic rings. The van der Waals surface area contributed by atoms with Gasteiger partial charge in [0.05, 0.1) is 6.04 Å². The van der Waals surface area contributed by atoms with Crippen molar-refractivity contribution in [3.63, 3.8) is 0 Å². The quantitative estimate of drug-likeness (QED) is 0.726. The molecular formula is C16H25N3O2. The maximum Gasteiger partial charge on any atom is 0.237 e. The fourth-order valence-corrected chi connectivity index (χ4v) is 2.63. The zero-order chi connectivity index (χ0) is 15.1. The van der Waals surface area contributed by atoms with E-state index >= 15 is 0 Å². The third kappa shape index (κ3) is 5.36. The molecule has 2 rings (SSSR count). The second kappa shape index (κ2) is 8.00. The van der Waals surface area contributed by atoms with E-state index in [2.05, 4.69) is 10.2 Å². The van der Waals surface area contributed by atoms with Crippen molar-refractivity contribution >= 4 is 5.91 Å². The maximum absolute atomic E-state index is 12.0. The smallest absolute Gasteiger partial charge is 0.237 e. The van der Waals surface area contributed by atoms with Crippen LogP contribution in [0.25, 0.3) is 0 Å². The maximum atomic E-state index is 12.0. The van der Waals surface area contributed by atoms with E-state index < -0.39 is 6.04 Å². The highest BCUT2D eigenvalue weighted by Crippen LogP contribution is 2.11. The average Bonchev–Trinajstić information content (AvgIpc) is 2.50. The normalized spacial score (nSPS) is 17.4. The Morgan fingerprint density at radius 1 is 1.24 bits per heavy atom. The predicted molar refractivity (Wildman–Crippen MR) is 83.1 cm³/mol. The van der Waals surface area contributed by atoms with Crippen molar-refractivity contribution in [1.29, 1.82) is 0 Å². The summed E-state index contributed by atoms with van der Waals surface area (Å²) in [7, 11) is 0. The number of phenols is 1. The first-order chi connectivity index (χ1) is 10.1. The molecule has 4 N–H and O–H groups in total. The fourth-order valence-electron chi connectivity index (χ4n) is 2.63. The lowest BCUT2D eigenvalue weighted by molar-refractivity contribution is -0.122. The number of piperidine rings is 1. The van der Waals surface area contributed by atoms with Gasteiger partial charge in [0.25, 0.3) is 0 Å². The summed E-state index contributed by atoms with van der Waals surface area (Å²) in [4.78, 5) is 14.3. The zero-order valence-electron chi connectivity index (χ0n) is 12.4. The lowest BCUT2D eigenvalue weighted by Gasteiger charge is -2.26. The monoisotopic (exact) mass is 291 g/mol. The molecule has 5 nitrogen and oxygen atoms in total. The van der Waals surface area contributed by atoms with E-state index in [0.29, 0.717) is 13.0 Å². The number of aromatic hydroxyl groups is 1. The first kappa shape index (κ1) is 15.8. The van der Waals surface area contributed by atoms with Gasteiger partial charge in [-0.1, -0.05) is 18.6 Å². The van der Waals surface area contributed by atoms with Crippen molar-refractivity contribution in [2.45, 2.75) is 31.7 Å². The van der Waals surface area contributed by atoms with Crippen molar-refractivity contribution < 1.29 is 9.90 Å². The van der Waals surface area contributed by atoms with E-state index in [9.17, 15) is 9.90 Å². The molecule has 1 aliphatic heterocycles. The predicted octanol–water partition coefficient (Wildman–Crippen LogP) is 0.864. The van der Waals surface area contributed by atoms with Gasteiger partial charge in [0.1, 0.15) is 5.75 Å². The van der Waals surface area contributed by atoms with Gasteiger partial charge in [-0.05, 0) is 50.0 Å². The summed E-state index contributed by atoms with van der Waals surface area (Å²) in [6, 6.07) is 6.25. The van der Waals surface area contributed by atoms with E-state index in [1.165, 1.54) is 19.3 Å². The molecule has 116 valence electrons. The van der Waals surface area contributed by atoms with Crippen molar-refractivity contribution in [3.8, 4) is 5.75 Å². The Hall–Kier alpha value is -1.59. The number of phenolic OH excluding ortho intramolecular Hbond substituents is 1. The Kier molecular flexibility index (Phi) is 6.02. The van der Waals surface area contributed by atoms with Crippen molar-refractivity contribution in [2.75, 3.05) is 26.2 Å². The van der Waals surface area contributed by atoms with Crippen LogP contribution in [0.4, 0.5) is 0 Å². The molecule has 0 radical (unpaired) electrons. The second-order valence-electron chi connectivity index (χ2n) is 5.67. The molecular weight excluding hydrogens is 266 g/mol. The molecule has 0 bridgehead atoms. The van der Waals surface area contributed by atoms with Gasteiger partial charge in [0, 0.05) is 13.1 Å². The van der Waals surface area contributed by atoms with Gasteiger partial charge in [0.15, 0.2) is 0 Å². The molecule has 1 aliphatic rings. The topological polar surface area (TPSA) is 78.6 Å². The zero-order valence-corrected chi connectivity index (χ0v) is 12.4. The first-order valence-corrected chi connectivity index (χ1v) is 7.69. The number of nitrogens with two attached hydrogens (primary N) is 1. The second-order valence-corrected chi connectivity index (χ2v) is 5.67. The van der Waals surface area contributed by atoms with Crippen LogP contribution in [0.5, 0.6) is 5.75 Å². The van der Waals surface area contributed by atoms with Crippen LogP contribution >= 0.6 is 0 Å². The van der Waals surface area contributed by atoms with Crippen LogP contribution in [-0.4, -0.2) is 48.1 Å². The van der Waals surface area contributed by atoms with Gasteiger partial charge in [0.2, 0.25) is 5.91 Å². The number of hydrogen-bond acceptors (Lipinski definition) is 4. The molecule has 1 aromatic carbocycles. The summed E-state index contributed by atoms with van der Waals surface area (Å²) in [5.41, 5.74) is 6.87. The molecule has 0 saturated carbocycles. The third-order valence-electron chi connectivity index (χ3n) is 3.90. The number of carbonyl (C=O) groups is 1. The lowest BCUT2D eigenvalue weighted by Crippen LogP contribution is -2.45. The van der Waals surface area contributed by atoms with Crippen LogP contribution in [0.3, 0.4) is 0 Å². The van der Waals surface area contributed by atoms with E-state index in [1.807, 2.05) is 0 Å².